The number of methoxy groups -OCH3 is 1. The Morgan fingerprint density at radius 3 is 2.63 bits per heavy atom. The molecule has 1 heterocycles. The summed E-state index contributed by atoms with van der Waals surface area (Å²) in [6.07, 6.45) is 0.775. The second-order valence-corrected chi connectivity index (χ2v) is 6.13. The molecule has 0 aliphatic heterocycles. The predicted octanol–water partition coefficient (Wildman–Crippen LogP) is 4.07. The minimum Gasteiger partial charge on any atom is -0.494 e. The van der Waals surface area contributed by atoms with Crippen LogP contribution in [-0.4, -0.2) is 37.8 Å². The molecule has 0 aliphatic carbocycles. The molecule has 1 aromatic heterocycles. The first-order valence-electron chi connectivity index (χ1n) is 9.13. The fourth-order valence-corrected chi connectivity index (χ4v) is 2.91. The Labute approximate surface area is 159 Å². The van der Waals surface area contributed by atoms with Gasteiger partial charge in [0.25, 0.3) is 5.91 Å². The van der Waals surface area contributed by atoms with Gasteiger partial charge in [-0.3, -0.25) is 4.79 Å². The van der Waals surface area contributed by atoms with Gasteiger partial charge in [0.05, 0.1) is 23.4 Å². The summed E-state index contributed by atoms with van der Waals surface area (Å²) in [6.45, 7) is 3.77. The van der Waals surface area contributed by atoms with Crippen molar-refractivity contribution >= 4 is 16.8 Å². The summed E-state index contributed by atoms with van der Waals surface area (Å²) in [4.78, 5) is 17.5. The van der Waals surface area contributed by atoms with E-state index in [0.29, 0.717) is 25.3 Å². The molecule has 0 radical (unpaired) electrons. The SMILES string of the molecule is CCOc1ccc(-c2cc(C(=O)NCCCOC)c3ccccc3n2)cc1. The van der Waals surface area contributed by atoms with E-state index in [-0.39, 0.29) is 5.91 Å². The van der Waals surface area contributed by atoms with Crippen LogP contribution in [0.2, 0.25) is 0 Å². The highest BCUT2D eigenvalue weighted by Crippen LogP contribution is 2.26. The van der Waals surface area contributed by atoms with Gasteiger partial charge in [-0.15, -0.1) is 0 Å². The van der Waals surface area contributed by atoms with Crippen molar-refractivity contribution in [3.8, 4) is 17.0 Å². The third-order valence-corrected chi connectivity index (χ3v) is 4.23. The number of ether oxygens (including phenoxy) is 2. The van der Waals surface area contributed by atoms with E-state index in [1.165, 1.54) is 0 Å². The van der Waals surface area contributed by atoms with Gasteiger partial charge in [-0.05, 0) is 49.7 Å². The Balaban J connectivity index is 1.94. The lowest BCUT2D eigenvalue weighted by Crippen LogP contribution is -2.25. The van der Waals surface area contributed by atoms with Gasteiger partial charge in [-0.25, -0.2) is 4.98 Å². The number of rotatable bonds is 8. The number of carbonyl (C=O) groups is 1. The molecule has 0 fully saturated rings. The number of nitrogens with one attached hydrogen (secondary N) is 1. The molecule has 5 heteroatoms. The van der Waals surface area contributed by atoms with Gasteiger partial charge in [0, 0.05) is 31.2 Å². The molecular weight excluding hydrogens is 340 g/mol. The summed E-state index contributed by atoms with van der Waals surface area (Å²) < 4.78 is 10.5. The van der Waals surface area contributed by atoms with Gasteiger partial charge in [-0.1, -0.05) is 18.2 Å². The number of pyridine rings is 1. The molecule has 0 atom stereocenters. The number of fused-ring (bicyclic) bond motifs is 1. The largest absolute Gasteiger partial charge is 0.494 e. The number of hydrogen-bond donors (Lipinski definition) is 1. The Bertz CT molecular complexity index is 907. The molecule has 3 aromatic rings. The van der Waals surface area contributed by atoms with Crippen molar-refractivity contribution in [3.05, 3.63) is 60.2 Å². The molecule has 140 valence electrons. The van der Waals surface area contributed by atoms with Gasteiger partial charge in [0.15, 0.2) is 0 Å². The van der Waals surface area contributed by atoms with Crippen molar-refractivity contribution in [1.29, 1.82) is 0 Å². The normalized spacial score (nSPS) is 10.7. The monoisotopic (exact) mass is 364 g/mol. The molecule has 0 bridgehead atoms. The van der Waals surface area contributed by atoms with Crippen LogP contribution in [0.5, 0.6) is 5.75 Å². The summed E-state index contributed by atoms with van der Waals surface area (Å²) in [7, 11) is 1.65. The zero-order chi connectivity index (χ0) is 19.1. The Hall–Kier alpha value is -2.92. The number of carbonyl (C=O) groups excluding carboxylic acids is 1. The molecule has 27 heavy (non-hydrogen) atoms. The molecule has 3 rings (SSSR count). The highest BCUT2D eigenvalue weighted by Gasteiger charge is 2.13. The summed E-state index contributed by atoms with van der Waals surface area (Å²) in [5.74, 6) is 0.718. The van der Waals surface area contributed by atoms with Crippen LogP contribution >= 0.6 is 0 Å². The Morgan fingerprint density at radius 2 is 1.89 bits per heavy atom. The van der Waals surface area contributed by atoms with E-state index in [2.05, 4.69) is 5.32 Å². The molecule has 0 saturated heterocycles. The van der Waals surface area contributed by atoms with E-state index in [1.807, 2.05) is 61.5 Å². The van der Waals surface area contributed by atoms with E-state index in [0.717, 1.165) is 34.3 Å². The van der Waals surface area contributed by atoms with Gasteiger partial charge in [0.1, 0.15) is 5.75 Å². The Morgan fingerprint density at radius 1 is 1.11 bits per heavy atom. The third-order valence-electron chi connectivity index (χ3n) is 4.23. The molecule has 0 saturated carbocycles. The van der Waals surface area contributed by atoms with Gasteiger partial charge >= 0.3 is 0 Å². The zero-order valence-corrected chi connectivity index (χ0v) is 15.7. The average Bonchev–Trinajstić information content (AvgIpc) is 2.71. The maximum Gasteiger partial charge on any atom is 0.252 e. The quantitative estimate of drug-likeness (QED) is 0.612. The molecular formula is C22H24N2O3. The zero-order valence-electron chi connectivity index (χ0n) is 15.7. The second kappa shape index (κ2) is 9.14. The van der Waals surface area contributed by atoms with Crippen molar-refractivity contribution < 1.29 is 14.3 Å². The van der Waals surface area contributed by atoms with Gasteiger partial charge in [0.2, 0.25) is 0 Å². The van der Waals surface area contributed by atoms with Crippen LogP contribution in [-0.2, 0) is 4.74 Å². The maximum atomic E-state index is 12.7. The number of nitrogens with zero attached hydrogens (tertiary/aromatic N) is 1. The van der Waals surface area contributed by atoms with E-state index in [4.69, 9.17) is 14.5 Å². The summed E-state index contributed by atoms with van der Waals surface area (Å²) in [5.41, 5.74) is 3.13. The van der Waals surface area contributed by atoms with E-state index in [9.17, 15) is 4.79 Å². The van der Waals surface area contributed by atoms with E-state index in [1.54, 1.807) is 7.11 Å². The Kier molecular flexibility index (Phi) is 6.39. The highest BCUT2D eigenvalue weighted by atomic mass is 16.5. The van der Waals surface area contributed by atoms with Crippen LogP contribution in [0.15, 0.2) is 54.6 Å². The number of aromatic nitrogens is 1. The summed E-state index contributed by atoms with van der Waals surface area (Å²) >= 11 is 0. The van der Waals surface area contributed by atoms with Crippen LogP contribution in [0.1, 0.15) is 23.7 Å². The van der Waals surface area contributed by atoms with Gasteiger partial charge in [-0.2, -0.15) is 0 Å². The van der Waals surface area contributed by atoms with Crippen molar-refractivity contribution in [2.75, 3.05) is 26.9 Å². The predicted molar refractivity (Wildman–Crippen MR) is 107 cm³/mol. The summed E-state index contributed by atoms with van der Waals surface area (Å²) in [5, 5.41) is 3.81. The standard InChI is InChI=1S/C22H24N2O3/c1-3-27-17-11-9-16(10-12-17)21-15-19(22(25)23-13-6-14-26-2)18-7-4-5-8-20(18)24-21/h4-5,7-12,15H,3,6,13-14H2,1-2H3,(H,23,25). The molecule has 0 spiro atoms. The number of amides is 1. The smallest absolute Gasteiger partial charge is 0.252 e. The first-order valence-corrected chi connectivity index (χ1v) is 9.13. The van der Waals surface area contributed by atoms with Crippen LogP contribution in [0.4, 0.5) is 0 Å². The topological polar surface area (TPSA) is 60.5 Å². The van der Waals surface area contributed by atoms with Crippen LogP contribution in [0, 0.1) is 0 Å². The van der Waals surface area contributed by atoms with Crippen LogP contribution < -0.4 is 10.1 Å². The van der Waals surface area contributed by atoms with Crippen molar-refractivity contribution in [3.63, 3.8) is 0 Å². The minimum atomic E-state index is -0.100. The summed E-state index contributed by atoms with van der Waals surface area (Å²) in [6, 6.07) is 17.3. The van der Waals surface area contributed by atoms with Crippen LogP contribution in [0.25, 0.3) is 22.2 Å². The van der Waals surface area contributed by atoms with E-state index < -0.39 is 0 Å². The fourth-order valence-electron chi connectivity index (χ4n) is 2.91. The lowest BCUT2D eigenvalue weighted by molar-refractivity contribution is 0.0950. The van der Waals surface area contributed by atoms with Crippen molar-refractivity contribution in [1.82, 2.24) is 10.3 Å². The number of hydrogen-bond acceptors (Lipinski definition) is 4. The molecule has 0 aliphatic rings. The first kappa shape index (κ1) is 18.9. The fraction of sp³-hybridized carbons (Fsp3) is 0.273. The highest BCUT2D eigenvalue weighted by molar-refractivity contribution is 6.07. The first-order chi connectivity index (χ1) is 13.2. The second-order valence-electron chi connectivity index (χ2n) is 6.13. The van der Waals surface area contributed by atoms with Crippen LogP contribution in [0.3, 0.4) is 0 Å². The molecule has 5 nitrogen and oxygen atoms in total. The third kappa shape index (κ3) is 4.63. The van der Waals surface area contributed by atoms with Crippen molar-refractivity contribution in [2.45, 2.75) is 13.3 Å². The number of para-hydroxylation sites is 1. The number of benzene rings is 2. The molecule has 2 aromatic carbocycles. The average molecular weight is 364 g/mol. The molecule has 0 unspecified atom stereocenters. The van der Waals surface area contributed by atoms with E-state index >= 15 is 0 Å². The van der Waals surface area contributed by atoms with Crippen molar-refractivity contribution in [2.24, 2.45) is 0 Å². The minimum absolute atomic E-state index is 0.100. The molecule has 1 N–H and O–H groups in total. The lowest BCUT2D eigenvalue weighted by atomic mass is 10.0. The molecule has 1 amide bonds. The van der Waals surface area contributed by atoms with Gasteiger partial charge < -0.3 is 14.8 Å². The lowest BCUT2D eigenvalue weighted by Gasteiger charge is -2.11. The maximum absolute atomic E-state index is 12.7.